The van der Waals surface area contributed by atoms with Gasteiger partial charge in [0.1, 0.15) is 5.75 Å². The molecule has 0 saturated heterocycles. The summed E-state index contributed by atoms with van der Waals surface area (Å²) in [5.74, 6) is 1.71. The Hall–Kier alpha value is -1.56. The summed E-state index contributed by atoms with van der Waals surface area (Å²) in [6.45, 7) is 2.21. The topological polar surface area (TPSA) is 48.2 Å². The number of hydrogen-bond donors (Lipinski definition) is 0. The normalized spacial score (nSPS) is 10.8. The van der Waals surface area contributed by atoms with Crippen molar-refractivity contribution >= 4 is 39.1 Å². The zero-order valence-electron chi connectivity index (χ0n) is 12.7. The molecule has 0 N–H and O–H groups in total. The molecule has 0 saturated carbocycles. The SMILES string of the molecule is Cc1cc(OCc2nc(Cc3ccc(Cl)cc3Cl)no2)ccc1Br. The zero-order valence-corrected chi connectivity index (χ0v) is 15.8. The molecule has 3 rings (SSSR count). The summed E-state index contributed by atoms with van der Waals surface area (Å²) in [6.07, 6.45) is 0.469. The summed E-state index contributed by atoms with van der Waals surface area (Å²) in [7, 11) is 0. The van der Waals surface area contributed by atoms with Crippen LogP contribution in [0.3, 0.4) is 0 Å². The molecule has 0 aliphatic carbocycles. The van der Waals surface area contributed by atoms with E-state index in [0.29, 0.717) is 28.2 Å². The number of nitrogens with zero attached hydrogens (tertiary/aromatic N) is 2. The average Bonchev–Trinajstić information content (AvgIpc) is 2.99. The molecule has 0 radical (unpaired) electrons. The van der Waals surface area contributed by atoms with Crippen LogP contribution in [0.2, 0.25) is 10.0 Å². The first-order valence-electron chi connectivity index (χ1n) is 7.15. The second-order valence-electron chi connectivity index (χ2n) is 5.22. The number of aryl methyl sites for hydroxylation is 1. The van der Waals surface area contributed by atoms with E-state index in [2.05, 4.69) is 26.1 Å². The van der Waals surface area contributed by atoms with E-state index in [9.17, 15) is 0 Å². The summed E-state index contributed by atoms with van der Waals surface area (Å²) in [4.78, 5) is 4.32. The number of ether oxygens (including phenoxy) is 1. The highest BCUT2D eigenvalue weighted by Gasteiger charge is 2.10. The standard InChI is InChI=1S/C17H13BrCl2N2O2/c1-10-6-13(4-5-14(10)18)23-9-17-21-16(22-24-17)7-11-2-3-12(19)8-15(11)20/h2-6,8H,7,9H2,1H3. The van der Waals surface area contributed by atoms with Crippen LogP contribution in [-0.4, -0.2) is 10.1 Å². The van der Waals surface area contributed by atoms with Crippen molar-refractivity contribution in [1.82, 2.24) is 10.1 Å². The molecule has 0 bridgehead atoms. The fourth-order valence-electron chi connectivity index (χ4n) is 2.11. The smallest absolute Gasteiger partial charge is 0.264 e. The van der Waals surface area contributed by atoms with Gasteiger partial charge in [-0.25, -0.2) is 0 Å². The van der Waals surface area contributed by atoms with E-state index in [1.165, 1.54) is 0 Å². The molecule has 7 heteroatoms. The second-order valence-corrected chi connectivity index (χ2v) is 6.91. The third kappa shape index (κ3) is 4.29. The number of aromatic nitrogens is 2. The number of hydrogen-bond acceptors (Lipinski definition) is 4. The maximum absolute atomic E-state index is 6.16. The van der Waals surface area contributed by atoms with Gasteiger partial charge < -0.3 is 9.26 Å². The van der Waals surface area contributed by atoms with Crippen LogP contribution in [0.5, 0.6) is 5.75 Å². The van der Waals surface area contributed by atoms with E-state index in [4.69, 9.17) is 32.5 Å². The van der Waals surface area contributed by atoms with Gasteiger partial charge in [0.15, 0.2) is 12.4 Å². The van der Waals surface area contributed by atoms with E-state index in [-0.39, 0.29) is 6.61 Å². The minimum absolute atomic E-state index is 0.211. The van der Waals surface area contributed by atoms with Crippen LogP contribution in [0, 0.1) is 6.92 Å². The second kappa shape index (κ2) is 7.55. The van der Waals surface area contributed by atoms with Gasteiger partial charge in [-0.1, -0.05) is 50.4 Å². The summed E-state index contributed by atoms with van der Waals surface area (Å²) in [5.41, 5.74) is 1.98. The van der Waals surface area contributed by atoms with Crippen molar-refractivity contribution in [1.29, 1.82) is 0 Å². The predicted octanol–water partition coefficient (Wildman–Crippen LogP) is 5.62. The first-order chi connectivity index (χ1) is 11.5. The van der Waals surface area contributed by atoms with Gasteiger partial charge in [-0.2, -0.15) is 4.98 Å². The first kappa shape index (κ1) is 17.3. The monoisotopic (exact) mass is 426 g/mol. The van der Waals surface area contributed by atoms with E-state index in [1.807, 2.05) is 31.2 Å². The Kier molecular flexibility index (Phi) is 5.43. The number of halogens is 3. The molecule has 2 aromatic carbocycles. The molecular formula is C17H13BrCl2N2O2. The molecule has 0 fully saturated rings. The molecule has 0 atom stereocenters. The fourth-order valence-corrected chi connectivity index (χ4v) is 2.83. The van der Waals surface area contributed by atoms with Crippen LogP contribution in [-0.2, 0) is 13.0 Å². The highest BCUT2D eigenvalue weighted by atomic mass is 79.9. The Morgan fingerprint density at radius 2 is 2.00 bits per heavy atom. The average molecular weight is 428 g/mol. The van der Waals surface area contributed by atoms with Crippen LogP contribution in [0.4, 0.5) is 0 Å². The van der Waals surface area contributed by atoms with Crippen LogP contribution < -0.4 is 4.74 Å². The largest absolute Gasteiger partial charge is 0.484 e. The molecule has 24 heavy (non-hydrogen) atoms. The van der Waals surface area contributed by atoms with Gasteiger partial charge in [0, 0.05) is 20.9 Å². The molecular weight excluding hydrogens is 415 g/mol. The van der Waals surface area contributed by atoms with E-state index in [0.717, 1.165) is 21.3 Å². The van der Waals surface area contributed by atoms with Gasteiger partial charge in [0.05, 0.1) is 0 Å². The molecule has 0 unspecified atom stereocenters. The van der Waals surface area contributed by atoms with Gasteiger partial charge in [0.25, 0.3) is 5.89 Å². The van der Waals surface area contributed by atoms with Crippen molar-refractivity contribution in [3.63, 3.8) is 0 Å². The Balaban J connectivity index is 1.63. The maximum atomic E-state index is 6.16. The summed E-state index contributed by atoms with van der Waals surface area (Å²) in [6, 6.07) is 11.1. The summed E-state index contributed by atoms with van der Waals surface area (Å²) < 4.78 is 11.9. The fraction of sp³-hybridized carbons (Fsp3) is 0.176. The van der Waals surface area contributed by atoms with Crippen molar-refractivity contribution < 1.29 is 9.26 Å². The van der Waals surface area contributed by atoms with Crippen molar-refractivity contribution in [3.05, 3.63) is 73.8 Å². The number of rotatable bonds is 5. The molecule has 4 nitrogen and oxygen atoms in total. The van der Waals surface area contributed by atoms with Gasteiger partial charge in [-0.3, -0.25) is 0 Å². The van der Waals surface area contributed by atoms with Crippen LogP contribution in [0.15, 0.2) is 45.4 Å². The Morgan fingerprint density at radius 1 is 1.17 bits per heavy atom. The molecule has 1 heterocycles. The maximum Gasteiger partial charge on any atom is 0.264 e. The van der Waals surface area contributed by atoms with Crippen molar-refractivity contribution in [2.75, 3.05) is 0 Å². The van der Waals surface area contributed by atoms with Gasteiger partial charge in [0.2, 0.25) is 0 Å². The molecule has 0 aliphatic heterocycles. The lowest BCUT2D eigenvalue weighted by atomic mass is 10.1. The van der Waals surface area contributed by atoms with Gasteiger partial charge in [-0.05, 0) is 48.4 Å². The quantitative estimate of drug-likeness (QED) is 0.530. The summed E-state index contributed by atoms with van der Waals surface area (Å²) >= 11 is 15.5. The minimum Gasteiger partial charge on any atom is -0.484 e. The van der Waals surface area contributed by atoms with Gasteiger partial charge in [-0.15, -0.1) is 0 Å². The molecule has 124 valence electrons. The molecule has 0 spiro atoms. The lowest BCUT2D eigenvalue weighted by Gasteiger charge is -2.05. The zero-order chi connectivity index (χ0) is 17.1. The van der Waals surface area contributed by atoms with Crippen molar-refractivity contribution in [3.8, 4) is 5.75 Å². The lowest BCUT2D eigenvalue weighted by Crippen LogP contribution is -1.97. The van der Waals surface area contributed by atoms with E-state index in [1.54, 1.807) is 12.1 Å². The van der Waals surface area contributed by atoms with E-state index >= 15 is 0 Å². The van der Waals surface area contributed by atoms with Crippen molar-refractivity contribution in [2.45, 2.75) is 20.0 Å². The highest BCUT2D eigenvalue weighted by molar-refractivity contribution is 9.10. The number of benzene rings is 2. The minimum atomic E-state index is 0.211. The lowest BCUT2D eigenvalue weighted by molar-refractivity contribution is 0.242. The van der Waals surface area contributed by atoms with Gasteiger partial charge >= 0.3 is 0 Å². The van der Waals surface area contributed by atoms with Crippen LogP contribution >= 0.6 is 39.1 Å². The Labute approximate surface area is 157 Å². The Morgan fingerprint density at radius 3 is 2.75 bits per heavy atom. The van der Waals surface area contributed by atoms with Crippen LogP contribution in [0.1, 0.15) is 22.8 Å². The first-order valence-corrected chi connectivity index (χ1v) is 8.70. The third-order valence-corrected chi connectivity index (χ3v) is 4.84. The highest BCUT2D eigenvalue weighted by Crippen LogP contribution is 2.24. The third-order valence-electron chi connectivity index (χ3n) is 3.37. The summed E-state index contributed by atoms with van der Waals surface area (Å²) in [5, 5.41) is 5.13. The van der Waals surface area contributed by atoms with Crippen LogP contribution in [0.25, 0.3) is 0 Å². The Bertz CT molecular complexity index is 868. The molecule has 3 aromatic rings. The molecule has 1 aromatic heterocycles. The molecule has 0 amide bonds. The van der Waals surface area contributed by atoms with E-state index < -0.39 is 0 Å². The van der Waals surface area contributed by atoms with Crippen molar-refractivity contribution in [2.24, 2.45) is 0 Å². The molecule has 0 aliphatic rings. The predicted molar refractivity (Wildman–Crippen MR) is 96.8 cm³/mol.